The van der Waals surface area contributed by atoms with E-state index < -0.39 is 11.7 Å². The molecule has 4 fully saturated rings. The molecule has 6 heteroatoms. The second-order valence-electron chi connectivity index (χ2n) is 16.3. The van der Waals surface area contributed by atoms with Gasteiger partial charge in [0.25, 0.3) is 0 Å². The van der Waals surface area contributed by atoms with Gasteiger partial charge in [-0.2, -0.15) is 0 Å². The molecule has 0 heterocycles. The molecule has 0 bridgehead atoms. The Morgan fingerprint density at radius 2 is 1.74 bits per heavy atom. The van der Waals surface area contributed by atoms with Gasteiger partial charge >= 0.3 is 5.97 Å². The Morgan fingerprint density at radius 3 is 2.33 bits per heavy atom. The van der Waals surface area contributed by atoms with E-state index in [1.807, 2.05) is 7.05 Å². The summed E-state index contributed by atoms with van der Waals surface area (Å²) in [5.74, 6) is 1.73. The second-order valence-corrected chi connectivity index (χ2v) is 16.3. The molecular formula is C37H67NO5. The third kappa shape index (κ3) is 7.08. The van der Waals surface area contributed by atoms with Gasteiger partial charge in [-0.25, -0.2) is 0 Å². The van der Waals surface area contributed by atoms with Crippen molar-refractivity contribution in [3.63, 3.8) is 0 Å². The molecule has 4 aliphatic rings. The molecule has 4 aliphatic carbocycles. The maximum absolute atomic E-state index is 11.9. The van der Waals surface area contributed by atoms with E-state index in [0.717, 1.165) is 44.2 Å². The molecule has 0 aromatic rings. The minimum atomic E-state index is -1.17. The van der Waals surface area contributed by atoms with Crippen LogP contribution in [0.4, 0.5) is 0 Å². The third-order valence-corrected chi connectivity index (χ3v) is 12.5. The monoisotopic (exact) mass is 606 g/mol. The van der Waals surface area contributed by atoms with Gasteiger partial charge in [0.2, 0.25) is 0 Å². The van der Waals surface area contributed by atoms with Crippen molar-refractivity contribution in [3.8, 4) is 0 Å². The Kier molecular flexibility index (Phi) is 11.7. The van der Waals surface area contributed by atoms with E-state index in [1.165, 1.54) is 51.9 Å². The van der Waals surface area contributed by atoms with Gasteiger partial charge in [-0.1, -0.05) is 41.0 Å². The highest BCUT2D eigenvalue weighted by Gasteiger charge is 2.79. The number of nitrogens with one attached hydrogen (secondary N) is 1. The number of ether oxygens (including phenoxy) is 3. The first kappa shape index (κ1) is 36.5. The molecule has 3 unspecified atom stereocenters. The third-order valence-electron chi connectivity index (χ3n) is 12.5. The lowest BCUT2D eigenvalue weighted by Gasteiger charge is -2.60. The fraction of sp³-hybridized carbons (Fsp3) is 0.919. The normalized spacial score (nSPS) is 36.0. The van der Waals surface area contributed by atoms with Gasteiger partial charge < -0.3 is 24.6 Å². The first-order valence-electron chi connectivity index (χ1n) is 17.4. The van der Waals surface area contributed by atoms with Crippen LogP contribution in [0.2, 0.25) is 0 Å². The first-order chi connectivity index (χ1) is 20.1. The van der Waals surface area contributed by atoms with E-state index in [0.29, 0.717) is 22.9 Å². The zero-order valence-electron chi connectivity index (χ0n) is 29.5. The molecule has 4 rings (SSSR count). The van der Waals surface area contributed by atoms with Gasteiger partial charge in [-0.3, -0.25) is 4.79 Å². The minimum absolute atomic E-state index is 0.0339. The van der Waals surface area contributed by atoms with E-state index in [4.69, 9.17) is 14.2 Å². The van der Waals surface area contributed by atoms with Crippen LogP contribution in [0.5, 0.6) is 0 Å². The zero-order chi connectivity index (χ0) is 32.4. The smallest absolute Gasteiger partial charge is 0.303 e. The first-order valence-corrected chi connectivity index (χ1v) is 17.4. The summed E-state index contributed by atoms with van der Waals surface area (Å²) in [6, 6.07) is 0. The van der Waals surface area contributed by atoms with Crippen LogP contribution in [0.1, 0.15) is 127 Å². The zero-order valence-corrected chi connectivity index (χ0v) is 29.5. The number of aliphatic hydroxyl groups is 1. The van der Waals surface area contributed by atoms with Gasteiger partial charge in [0.1, 0.15) is 0 Å². The standard InChI is InChI=1S/C35H63NO5.C2H4/c1-11-12-27(30(33(8,9)38)41-24(3)37)40-23(2)21-26-25-13-14-28-32(6,7)29(39-20-19-36-10)15-16-35(28)22-34(25,35)18-17-31(26,4)5;1-2/h23,25-30,36,38H,11-22H2,1-10H3;1-2H2/t23-,25-,26?,27+,28?,29-,30-,34-,35?;/m0./s1. The van der Waals surface area contributed by atoms with Gasteiger partial charge in [-0.05, 0) is 125 Å². The molecule has 0 saturated heterocycles. The van der Waals surface area contributed by atoms with Crippen LogP contribution in [0.3, 0.4) is 0 Å². The molecule has 250 valence electrons. The molecule has 43 heavy (non-hydrogen) atoms. The summed E-state index contributed by atoms with van der Waals surface area (Å²) in [6.45, 7) is 26.9. The van der Waals surface area contributed by atoms with E-state index in [9.17, 15) is 9.90 Å². The summed E-state index contributed by atoms with van der Waals surface area (Å²) in [5, 5.41) is 14.1. The summed E-state index contributed by atoms with van der Waals surface area (Å²) in [6.07, 6.45) is 11.3. The molecule has 0 amide bonds. The fourth-order valence-electron chi connectivity index (χ4n) is 10.6. The maximum atomic E-state index is 11.9. The molecule has 9 atom stereocenters. The lowest BCUT2D eigenvalue weighted by molar-refractivity contribution is -0.189. The molecule has 0 aromatic carbocycles. The van der Waals surface area contributed by atoms with E-state index in [1.54, 1.807) is 13.8 Å². The summed E-state index contributed by atoms with van der Waals surface area (Å²) >= 11 is 0. The van der Waals surface area contributed by atoms with Crippen LogP contribution in [0, 0.1) is 39.4 Å². The Labute approximate surface area is 264 Å². The lowest BCUT2D eigenvalue weighted by Crippen LogP contribution is -2.55. The summed E-state index contributed by atoms with van der Waals surface area (Å²) in [5.41, 5.74) is 0.307. The molecule has 0 radical (unpaired) electrons. The van der Waals surface area contributed by atoms with E-state index in [-0.39, 0.29) is 29.0 Å². The summed E-state index contributed by atoms with van der Waals surface area (Å²) in [4.78, 5) is 11.9. The van der Waals surface area contributed by atoms with Crippen molar-refractivity contribution in [2.24, 2.45) is 39.4 Å². The average molecular weight is 606 g/mol. The van der Waals surface area contributed by atoms with Crippen LogP contribution >= 0.6 is 0 Å². The fourth-order valence-corrected chi connectivity index (χ4v) is 10.6. The van der Waals surface area contributed by atoms with Gasteiger partial charge in [-0.15, -0.1) is 13.2 Å². The van der Waals surface area contributed by atoms with Crippen LogP contribution < -0.4 is 5.32 Å². The van der Waals surface area contributed by atoms with Gasteiger partial charge in [0, 0.05) is 13.5 Å². The lowest BCUT2D eigenvalue weighted by atomic mass is 9.46. The van der Waals surface area contributed by atoms with Crippen LogP contribution in [-0.4, -0.2) is 61.3 Å². The largest absolute Gasteiger partial charge is 0.457 e. The van der Waals surface area contributed by atoms with Crippen molar-refractivity contribution >= 4 is 5.97 Å². The Bertz CT molecular complexity index is 926. The van der Waals surface area contributed by atoms with Crippen LogP contribution in [0.25, 0.3) is 0 Å². The van der Waals surface area contributed by atoms with Crippen molar-refractivity contribution in [2.45, 2.75) is 157 Å². The summed E-state index contributed by atoms with van der Waals surface area (Å²) < 4.78 is 18.9. The molecule has 0 aromatic heterocycles. The second kappa shape index (κ2) is 13.8. The molecule has 4 saturated carbocycles. The van der Waals surface area contributed by atoms with Crippen LogP contribution in [-0.2, 0) is 19.0 Å². The highest BCUT2D eigenvalue weighted by molar-refractivity contribution is 5.66. The van der Waals surface area contributed by atoms with Crippen molar-refractivity contribution in [1.29, 1.82) is 0 Å². The SMILES string of the molecule is C=C.CCC[C@@H](O[C@@H](C)CC1[C@@H]2CCC3C(C)(C)[C@@H](OCCNC)CCC34C[C@@]24CCC1(C)C)[C@H](OC(C)=O)C(C)(C)O. The molecule has 0 aliphatic heterocycles. The molecule has 2 N–H and O–H groups in total. The number of likely N-dealkylation sites (N-methyl/N-ethyl adjacent to an activating group) is 1. The van der Waals surface area contributed by atoms with Crippen molar-refractivity contribution in [1.82, 2.24) is 5.32 Å². The van der Waals surface area contributed by atoms with Gasteiger partial charge in [0.15, 0.2) is 6.10 Å². The van der Waals surface area contributed by atoms with E-state index in [2.05, 4.69) is 60.0 Å². The minimum Gasteiger partial charge on any atom is -0.457 e. The predicted molar refractivity (Wildman–Crippen MR) is 176 cm³/mol. The highest BCUT2D eigenvalue weighted by Crippen LogP contribution is 2.86. The molecule has 2 spiro atoms. The maximum Gasteiger partial charge on any atom is 0.303 e. The van der Waals surface area contributed by atoms with E-state index >= 15 is 0 Å². The highest BCUT2D eigenvalue weighted by atomic mass is 16.6. The quantitative estimate of drug-likeness (QED) is 0.127. The van der Waals surface area contributed by atoms with Crippen molar-refractivity contribution < 1.29 is 24.1 Å². The number of rotatable bonds is 13. The number of carbonyl (C=O) groups is 1. The summed E-state index contributed by atoms with van der Waals surface area (Å²) in [7, 11) is 2.00. The van der Waals surface area contributed by atoms with Gasteiger partial charge in [0.05, 0.1) is 30.5 Å². The molecule has 6 nitrogen and oxygen atoms in total. The Morgan fingerprint density at radius 1 is 1.07 bits per heavy atom. The number of hydrogen-bond acceptors (Lipinski definition) is 6. The Balaban J connectivity index is 0.00000248. The van der Waals surface area contributed by atoms with Crippen molar-refractivity contribution in [3.05, 3.63) is 13.2 Å². The number of esters is 1. The Hall–Kier alpha value is -0.950. The average Bonchev–Trinajstić information content (AvgIpc) is 3.59. The van der Waals surface area contributed by atoms with Crippen molar-refractivity contribution in [2.75, 3.05) is 20.2 Å². The number of hydrogen-bond donors (Lipinski definition) is 2. The molecular weight excluding hydrogens is 538 g/mol. The van der Waals surface area contributed by atoms with Crippen LogP contribution in [0.15, 0.2) is 13.2 Å². The number of carbonyl (C=O) groups excluding carboxylic acids is 1. The predicted octanol–water partition coefficient (Wildman–Crippen LogP) is 7.72. The topological polar surface area (TPSA) is 77.0 Å².